The number of hydrogen-bond donors (Lipinski definition) is 1. The van der Waals surface area contributed by atoms with Gasteiger partial charge in [0.05, 0.1) is 11.2 Å². The second-order valence-electron chi connectivity index (χ2n) is 3.68. The summed E-state index contributed by atoms with van der Waals surface area (Å²) < 4.78 is 0. The van der Waals surface area contributed by atoms with Crippen molar-refractivity contribution >= 4 is 16.6 Å². The summed E-state index contributed by atoms with van der Waals surface area (Å²) in [6.07, 6.45) is 1.83. The van der Waals surface area contributed by atoms with E-state index in [1.165, 1.54) is 5.39 Å². The van der Waals surface area contributed by atoms with Crippen LogP contribution in [0, 0.1) is 0 Å². The predicted octanol–water partition coefficient (Wildman–Crippen LogP) is 3.06. The highest BCUT2D eigenvalue weighted by atomic mass is 14.9. The number of benzene rings is 1. The van der Waals surface area contributed by atoms with E-state index in [0.29, 0.717) is 6.04 Å². The van der Waals surface area contributed by atoms with Crippen molar-refractivity contribution in [1.82, 2.24) is 4.98 Å². The van der Waals surface area contributed by atoms with Crippen molar-refractivity contribution in [3.63, 3.8) is 0 Å². The van der Waals surface area contributed by atoms with Gasteiger partial charge in [0.1, 0.15) is 0 Å². The van der Waals surface area contributed by atoms with Gasteiger partial charge in [-0.05, 0) is 26.0 Å². The number of hydrogen-bond acceptors (Lipinski definition) is 2. The standard InChI is InChI=1S/C12H14N2/c1-9(2)14-11-7-3-5-10-6-4-8-13-12(10)11/h3-9,14H,1-2H3. The quantitative estimate of drug-likeness (QED) is 0.779. The van der Waals surface area contributed by atoms with Gasteiger partial charge >= 0.3 is 0 Å². The van der Waals surface area contributed by atoms with E-state index in [1.54, 1.807) is 0 Å². The smallest absolute Gasteiger partial charge is 0.0933 e. The van der Waals surface area contributed by atoms with Crippen molar-refractivity contribution in [3.8, 4) is 0 Å². The Kier molecular flexibility index (Phi) is 2.35. The van der Waals surface area contributed by atoms with E-state index in [4.69, 9.17) is 0 Å². The van der Waals surface area contributed by atoms with Gasteiger partial charge in [-0.15, -0.1) is 0 Å². The molecule has 1 N–H and O–H groups in total. The van der Waals surface area contributed by atoms with Gasteiger partial charge in [-0.25, -0.2) is 0 Å². The molecule has 0 unspecified atom stereocenters. The summed E-state index contributed by atoms with van der Waals surface area (Å²) in [6, 6.07) is 10.7. The SMILES string of the molecule is CC(C)Nc1cccc2cccnc12. The van der Waals surface area contributed by atoms with E-state index in [0.717, 1.165) is 11.2 Å². The minimum Gasteiger partial charge on any atom is -0.381 e. The highest BCUT2D eigenvalue weighted by molar-refractivity contribution is 5.90. The zero-order chi connectivity index (χ0) is 9.97. The maximum absolute atomic E-state index is 4.37. The fourth-order valence-corrected chi connectivity index (χ4v) is 1.53. The number of fused-ring (bicyclic) bond motifs is 1. The Morgan fingerprint density at radius 1 is 1.14 bits per heavy atom. The fourth-order valence-electron chi connectivity index (χ4n) is 1.53. The number of para-hydroxylation sites is 1. The van der Waals surface area contributed by atoms with E-state index in [2.05, 4.69) is 48.4 Å². The maximum Gasteiger partial charge on any atom is 0.0933 e. The molecule has 1 aromatic heterocycles. The molecule has 0 saturated carbocycles. The predicted molar refractivity (Wildman–Crippen MR) is 60.5 cm³/mol. The molecule has 0 fully saturated rings. The van der Waals surface area contributed by atoms with Gasteiger partial charge < -0.3 is 5.32 Å². The zero-order valence-corrected chi connectivity index (χ0v) is 8.49. The van der Waals surface area contributed by atoms with Crippen LogP contribution in [0.1, 0.15) is 13.8 Å². The molecule has 72 valence electrons. The fraction of sp³-hybridized carbons (Fsp3) is 0.250. The van der Waals surface area contributed by atoms with Crippen molar-refractivity contribution in [2.24, 2.45) is 0 Å². The normalized spacial score (nSPS) is 10.8. The lowest BCUT2D eigenvalue weighted by atomic mass is 10.2. The molecule has 0 aliphatic heterocycles. The summed E-state index contributed by atoms with van der Waals surface area (Å²) in [5.41, 5.74) is 2.15. The number of pyridine rings is 1. The first-order chi connectivity index (χ1) is 6.77. The molecular formula is C12H14N2. The molecule has 0 atom stereocenters. The van der Waals surface area contributed by atoms with Crippen molar-refractivity contribution in [3.05, 3.63) is 36.5 Å². The lowest BCUT2D eigenvalue weighted by Crippen LogP contribution is -2.10. The van der Waals surface area contributed by atoms with Crippen LogP contribution in [0.2, 0.25) is 0 Å². The van der Waals surface area contributed by atoms with Crippen LogP contribution in [0.4, 0.5) is 5.69 Å². The topological polar surface area (TPSA) is 24.9 Å². The van der Waals surface area contributed by atoms with Crippen LogP contribution in [0.3, 0.4) is 0 Å². The Morgan fingerprint density at radius 3 is 2.71 bits per heavy atom. The lowest BCUT2D eigenvalue weighted by Gasteiger charge is -2.11. The first-order valence-electron chi connectivity index (χ1n) is 4.87. The molecule has 0 bridgehead atoms. The molecule has 0 amide bonds. The Balaban J connectivity index is 2.53. The molecule has 14 heavy (non-hydrogen) atoms. The molecule has 0 radical (unpaired) electrons. The number of nitrogens with one attached hydrogen (secondary N) is 1. The Morgan fingerprint density at radius 2 is 1.93 bits per heavy atom. The van der Waals surface area contributed by atoms with Crippen molar-refractivity contribution in [1.29, 1.82) is 0 Å². The Labute approximate surface area is 84.0 Å². The van der Waals surface area contributed by atoms with Crippen LogP contribution in [0.25, 0.3) is 10.9 Å². The lowest BCUT2D eigenvalue weighted by molar-refractivity contribution is 0.901. The van der Waals surface area contributed by atoms with Crippen LogP contribution in [0.5, 0.6) is 0 Å². The molecule has 0 aliphatic carbocycles. The maximum atomic E-state index is 4.37. The zero-order valence-electron chi connectivity index (χ0n) is 8.49. The summed E-state index contributed by atoms with van der Waals surface area (Å²) in [4.78, 5) is 4.37. The third-order valence-electron chi connectivity index (χ3n) is 2.08. The molecule has 0 spiro atoms. The molecule has 1 heterocycles. The first-order valence-corrected chi connectivity index (χ1v) is 4.87. The van der Waals surface area contributed by atoms with Gasteiger partial charge in [0.2, 0.25) is 0 Å². The summed E-state index contributed by atoms with van der Waals surface area (Å²) in [7, 11) is 0. The second kappa shape index (κ2) is 3.66. The van der Waals surface area contributed by atoms with E-state index >= 15 is 0 Å². The summed E-state index contributed by atoms with van der Waals surface area (Å²) in [5, 5.41) is 4.56. The number of rotatable bonds is 2. The minimum atomic E-state index is 0.433. The first kappa shape index (κ1) is 9.00. The monoisotopic (exact) mass is 186 g/mol. The van der Waals surface area contributed by atoms with Gasteiger partial charge in [-0.3, -0.25) is 4.98 Å². The number of anilines is 1. The van der Waals surface area contributed by atoms with Gasteiger partial charge in [0.25, 0.3) is 0 Å². The molecule has 2 rings (SSSR count). The van der Waals surface area contributed by atoms with E-state index in [9.17, 15) is 0 Å². The largest absolute Gasteiger partial charge is 0.381 e. The minimum absolute atomic E-state index is 0.433. The van der Waals surface area contributed by atoms with E-state index in [1.807, 2.05) is 12.3 Å². The third kappa shape index (κ3) is 1.69. The molecular weight excluding hydrogens is 172 g/mol. The van der Waals surface area contributed by atoms with Crippen LogP contribution in [-0.4, -0.2) is 11.0 Å². The molecule has 2 nitrogen and oxygen atoms in total. The highest BCUT2D eigenvalue weighted by Crippen LogP contribution is 2.20. The Hall–Kier alpha value is -1.57. The molecule has 1 aromatic carbocycles. The van der Waals surface area contributed by atoms with Gasteiger partial charge in [0.15, 0.2) is 0 Å². The van der Waals surface area contributed by atoms with Crippen molar-refractivity contribution in [2.75, 3.05) is 5.32 Å². The molecule has 2 heteroatoms. The van der Waals surface area contributed by atoms with Crippen LogP contribution in [0.15, 0.2) is 36.5 Å². The van der Waals surface area contributed by atoms with Gasteiger partial charge in [0, 0.05) is 17.6 Å². The van der Waals surface area contributed by atoms with Crippen LogP contribution < -0.4 is 5.32 Å². The van der Waals surface area contributed by atoms with E-state index < -0.39 is 0 Å². The summed E-state index contributed by atoms with van der Waals surface area (Å²) in [6.45, 7) is 4.25. The van der Waals surface area contributed by atoms with E-state index in [-0.39, 0.29) is 0 Å². The summed E-state index contributed by atoms with van der Waals surface area (Å²) >= 11 is 0. The van der Waals surface area contributed by atoms with Crippen LogP contribution in [-0.2, 0) is 0 Å². The average molecular weight is 186 g/mol. The molecule has 0 saturated heterocycles. The molecule has 2 aromatic rings. The van der Waals surface area contributed by atoms with Gasteiger partial charge in [-0.1, -0.05) is 18.2 Å². The second-order valence-corrected chi connectivity index (χ2v) is 3.68. The summed E-state index contributed by atoms with van der Waals surface area (Å²) in [5.74, 6) is 0. The third-order valence-corrected chi connectivity index (χ3v) is 2.08. The van der Waals surface area contributed by atoms with Crippen LogP contribution >= 0.6 is 0 Å². The number of aromatic nitrogens is 1. The average Bonchev–Trinajstić information content (AvgIpc) is 2.18. The molecule has 0 aliphatic rings. The Bertz CT molecular complexity index is 430. The van der Waals surface area contributed by atoms with Gasteiger partial charge in [-0.2, -0.15) is 0 Å². The highest BCUT2D eigenvalue weighted by Gasteiger charge is 2.01. The number of nitrogens with zero attached hydrogens (tertiary/aromatic N) is 1. The van der Waals surface area contributed by atoms with Crippen molar-refractivity contribution in [2.45, 2.75) is 19.9 Å². The van der Waals surface area contributed by atoms with Crippen molar-refractivity contribution < 1.29 is 0 Å².